The molecule has 0 saturated carbocycles. The van der Waals surface area contributed by atoms with Crippen LogP contribution in [-0.2, 0) is 22.4 Å². The molecule has 0 aromatic heterocycles. The first-order chi connectivity index (χ1) is 10.1. The number of hydrogen-bond donors (Lipinski definition) is 2. The predicted molar refractivity (Wildman–Crippen MR) is 82.3 cm³/mol. The Morgan fingerprint density at radius 1 is 1.29 bits per heavy atom. The van der Waals surface area contributed by atoms with Crippen molar-refractivity contribution >= 4 is 5.97 Å². The quantitative estimate of drug-likeness (QED) is 0.722. The number of rotatable bonds is 8. The van der Waals surface area contributed by atoms with Crippen molar-refractivity contribution in [1.82, 2.24) is 0 Å². The first-order valence-corrected chi connectivity index (χ1v) is 7.83. The lowest BCUT2D eigenvalue weighted by atomic mass is 10.0. The maximum Gasteiger partial charge on any atom is 0.320 e. The Hall–Kier alpha value is -1.39. The van der Waals surface area contributed by atoms with Crippen LogP contribution in [0.15, 0.2) is 24.3 Å². The molecule has 1 aromatic rings. The maximum atomic E-state index is 10.7. The van der Waals surface area contributed by atoms with Gasteiger partial charge in [0.2, 0.25) is 0 Å². The summed E-state index contributed by atoms with van der Waals surface area (Å²) in [5.41, 5.74) is 7.81. The second-order valence-corrected chi connectivity index (χ2v) is 5.85. The SMILES string of the molecule is NC(Cc1ccc(CCCCC2CCCO2)cc1)C(=O)O. The van der Waals surface area contributed by atoms with Gasteiger partial charge in [0, 0.05) is 6.61 Å². The van der Waals surface area contributed by atoms with E-state index in [9.17, 15) is 4.79 Å². The standard InChI is InChI=1S/C17H25NO3/c18-16(17(19)20)12-14-9-7-13(8-10-14)4-1-2-5-15-6-3-11-21-15/h7-10,15-16H,1-6,11-12,18H2,(H,19,20). The molecular weight excluding hydrogens is 266 g/mol. The number of aryl methyl sites for hydroxylation is 1. The van der Waals surface area contributed by atoms with Crippen LogP contribution in [0.5, 0.6) is 0 Å². The van der Waals surface area contributed by atoms with Crippen LogP contribution in [0.2, 0.25) is 0 Å². The molecule has 4 nitrogen and oxygen atoms in total. The summed E-state index contributed by atoms with van der Waals surface area (Å²) in [5.74, 6) is -0.951. The number of unbranched alkanes of at least 4 members (excludes halogenated alkanes) is 1. The summed E-state index contributed by atoms with van der Waals surface area (Å²) < 4.78 is 5.62. The normalized spacial score (nSPS) is 19.6. The van der Waals surface area contributed by atoms with Gasteiger partial charge < -0.3 is 15.6 Å². The van der Waals surface area contributed by atoms with Gasteiger partial charge in [-0.05, 0) is 49.7 Å². The Bertz CT molecular complexity index is 438. The van der Waals surface area contributed by atoms with Crippen molar-refractivity contribution in [2.75, 3.05) is 6.61 Å². The number of ether oxygens (including phenoxy) is 1. The van der Waals surface area contributed by atoms with Gasteiger partial charge in [0.1, 0.15) is 6.04 Å². The number of aliphatic carboxylic acids is 1. The van der Waals surface area contributed by atoms with E-state index in [4.69, 9.17) is 15.6 Å². The van der Waals surface area contributed by atoms with Crippen molar-refractivity contribution in [3.63, 3.8) is 0 Å². The smallest absolute Gasteiger partial charge is 0.320 e. The minimum Gasteiger partial charge on any atom is -0.480 e. The van der Waals surface area contributed by atoms with Crippen molar-refractivity contribution in [3.05, 3.63) is 35.4 Å². The highest BCUT2D eigenvalue weighted by Crippen LogP contribution is 2.18. The molecule has 2 unspecified atom stereocenters. The second kappa shape index (κ2) is 8.15. The van der Waals surface area contributed by atoms with Crippen LogP contribution in [0.4, 0.5) is 0 Å². The number of benzene rings is 1. The fourth-order valence-corrected chi connectivity index (χ4v) is 2.76. The van der Waals surface area contributed by atoms with Gasteiger partial charge in [0.15, 0.2) is 0 Å². The summed E-state index contributed by atoms with van der Waals surface area (Å²) in [6.07, 6.45) is 7.93. The largest absolute Gasteiger partial charge is 0.480 e. The van der Waals surface area contributed by atoms with Gasteiger partial charge in [-0.15, -0.1) is 0 Å². The summed E-state index contributed by atoms with van der Waals surface area (Å²) in [6.45, 7) is 0.935. The van der Waals surface area contributed by atoms with Crippen molar-refractivity contribution in [2.45, 2.75) is 57.1 Å². The third kappa shape index (κ3) is 5.48. The molecule has 1 fully saturated rings. The molecule has 116 valence electrons. The van der Waals surface area contributed by atoms with Crippen molar-refractivity contribution in [2.24, 2.45) is 5.73 Å². The lowest BCUT2D eigenvalue weighted by Gasteiger charge is -2.09. The van der Waals surface area contributed by atoms with Crippen LogP contribution in [0.1, 0.15) is 43.2 Å². The molecule has 1 saturated heterocycles. The lowest BCUT2D eigenvalue weighted by Crippen LogP contribution is -2.32. The average molecular weight is 291 g/mol. The summed E-state index contributed by atoms with van der Waals surface area (Å²) in [5, 5.41) is 8.80. The predicted octanol–water partition coefficient (Wildman–Crippen LogP) is 2.53. The van der Waals surface area contributed by atoms with Gasteiger partial charge in [-0.25, -0.2) is 0 Å². The van der Waals surface area contributed by atoms with Crippen molar-refractivity contribution < 1.29 is 14.6 Å². The highest BCUT2D eigenvalue weighted by Gasteiger charge is 2.14. The molecule has 1 aromatic carbocycles. The zero-order valence-corrected chi connectivity index (χ0v) is 12.5. The minimum atomic E-state index is -0.951. The fraction of sp³-hybridized carbons (Fsp3) is 0.588. The van der Waals surface area contributed by atoms with E-state index in [0.717, 1.165) is 18.6 Å². The molecule has 1 aliphatic rings. The third-order valence-corrected chi connectivity index (χ3v) is 4.06. The fourth-order valence-electron chi connectivity index (χ4n) is 2.76. The van der Waals surface area contributed by atoms with E-state index in [2.05, 4.69) is 12.1 Å². The lowest BCUT2D eigenvalue weighted by molar-refractivity contribution is -0.138. The van der Waals surface area contributed by atoms with Crippen LogP contribution in [0.25, 0.3) is 0 Å². The Labute approximate surface area is 126 Å². The Balaban J connectivity index is 1.68. The number of carboxylic acids is 1. The van der Waals surface area contributed by atoms with E-state index in [0.29, 0.717) is 12.5 Å². The van der Waals surface area contributed by atoms with E-state index in [1.54, 1.807) is 0 Å². The summed E-state index contributed by atoms with van der Waals surface area (Å²) in [6, 6.07) is 7.31. The van der Waals surface area contributed by atoms with Crippen LogP contribution in [0.3, 0.4) is 0 Å². The Kier molecular flexibility index (Phi) is 6.21. The summed E-state index contributed by atoms with van der Waals surface area (Å²) >= 11 is 0. The maximum absolute atomic E-state index is 10.7. The highest BCUT2D eigenvalue weighted by molar-refractivity contribution is 5.73. The van der Waals surface area contributed by atoms with Crippen molar-refractivity contribution in [1.29, 1.82) is 0 Å². The van der Waals surface area contributed by atoms with Crippen LogP contribution in [-0.4, -0.2) is 29.8 Å². The van der Waals surface area contributed by atoms with Crippen LogP contribution in [0, 0.1) is 0 Å². The second-order valence-electron chi connectivity index (χ2n) is 5.85. The molecule has 1 heterocycles. The summed E-state index contributed by atoms with van der Waals surface area (Å²) in [7, 11) is 0. The van der Waals surface area contributed by atoms with Gasteiger partial charge in [0.25, 0.3) is 0 Å². The average Bonchev–Trinajstić information content (AvgIpc) is 2.98. The molecule has 1 aliphatic heterocycles. The van der Waals surface area contributed by atoms with E-state index in [1.165, 1.54) is 37.7 Å². The molecule has 0 amide bonds. The molecule has 0 aliphatic carbocycles. The summed E-state index contributed by atoms with van der Waals surface area (Å²) in [4.78, 5) is 10.7. The van der Waals surface area contributed by atoms with Gasteiger partial charge in [0.05, 0.1) is 6.10 Å². The van der Waals surface area contributed by atoms with Gasteiger partial charge >= 0.3 is 5.97 Å². The van der Waals surface area contributed by atoms with Gasteiger partial charge in [-0.1, -0.05) is 30.7 Å². The molecule has 21 heavy (non-hydrogen) atoms. The number of hydrogen-bond acceptors (Lipinski definition) is 3. The Morgan fingerprint density at radius 3 is 2.62 bits per heavy atom. The van der Waals surface area contributed by atoms with Gasteiger partial charge in [-0.2, -0.15) is 0 Å². The van der Waals surface area contributed by atoms with E-state index in [1.807, 2.05) is 12.1 Å². The monoisotopic (exact) mass is 291 g/mol. The third-order valence-electron chi connectivity index (χ3n) is 4.06. The molecule has 0 radical (unpaired) electrons. The molecular formula is C17H25NO3. The van der Waals surface area contributed by atoms with E-state index >= 15 is 0 Å². The first kappa shape index (κ1) is 16.0. The zero-order valence-electron chi connectivity index (χ0n) is 12.5. The minimum absolute atomic E-state index is 0.384. The van der Waals surface area contributed by atoms with E-state index < -0.39 is 12.0 Å². The van der Waals surface area contributed by atoms with Crippen molar-refractivity contribution in [3.8, 4) is 0 Å². The number of carbonyl (C=O) groups is 1. The molecule has 2 atom stereocenters. The van der Waals surface area contributed by atoms with Crippen LogP contribution >= 0.6 is 0 Å². The van der Waals surface area contributed by atoms with Gasteiger partial charge in [-0.3, -0.25) is 4.79 Å². The van der Waals surface area contributed by atoms with Crippen LogP contribution < -0.4 is 5.73 Å². The topological polar surface area (TPSA) is 72.5 Å². The first-order valence-electron chi connectivity index (χ1n) is 7.83. The zero-order chi connectivity index (χ0) is 15.1. The molecule has 4 heteroatoms. The molecule has 2 rings (SSSR count). The number of nitrogens with two attached hydrogens (primary N) is 1. The highest BCUT2D eigenvalue weighted by atomic mass is 16.5. The molecule has 0 bridgehead atoms. The van der Waals surface area contributed by atoms with E-state index in [-0.39, 0.29) is 0 Å². The molecule has 3 N–H and O–H groups in total. The Morgan fingerprint density at radius 2 is 2.00 bits per heavy atom. The molecule has 0 spiro atoms. The number of carboxylic acid groups (broad SMARTS) is 1.